The van der Waals surface area contributed by atoms with Crippen LogP contribution in [0.5, 0.6) is 0 Å². The Kier molecular flexibility index (Phi) is 6.41. The van der Waals surface area contributed by atoms with Crippen molar-refractivity contribution in [2.45, 2.75) is 41.8 Å². The van der Waals surface area contributed by atoms with Crippen LogP contribution in [-0.2, 0) is 26.0 Å². The van der Waals surface area contributed by atoms with Gasteiger partial charge in [0.05, 0.1) is 27.9 Å². The van der Waals surface area contributed by atoms with Crippen molar-refractivity contribution in [3.05, 3.63) is 29.8 Å². The molecule has 0 amide bonds. The van der Waals surface area contributed by atoms with E-state index in [2.05, 4.69) is 0 Å². The van der Waals surface area contributed by atoms with Crippen molar-refractivity contribution in [1.29, 1.82) is 0 Å². The zero-order chi connectivity index (χ0) is 21.4. The standard InChI is InChI=1S/C15H17F6NO4S2/c16-14(17,18)4-5-27(23,24)22-9-10-6-13(7-10)28(25,26)12-3-1-2-11(8-12)15(19,20)21/h1-3,8,10,13,22H,4-7,9H2. The summed E-state index contributed by atoms with van der Waals surface area (Å²) in [5.41, 5.74) is -1.10. The number of nitrogens with one attached hydrogen (secondary N) is 1. The fourth-order valence-corrected chi connectivity index (χ4v) is 5.83. The molecule has 2 rings (SSSR count). The average Bonchev–Trinajstić information content (AvgIpc) is 2.50. The van der Waals surface area contributed by atoms with Crippen molar-refractivity contribution in [1.82, 2.24) is 4.72 Å². The van der Waals surface area contributed by atoms with E-state index in [1.807, 2.05) is 4.72 Å². The monoisotopic (exact) mass is 453 g/mol. The minimum atomic E-state index is -4.69. The van der Waals surface area contributed by atoms with Gasteiger partial charge in [-0.2, -0.15) is 26.3 Å². The summed E-state index contributed by atoms with van der Waals surface area (Å²) in [7, 11) is -8.18. The molecule has 0 unspecified atom stereocenters. The molecule has 0 spiro atoms. The minimum absolute atomic E-state index is 0.000367. The normalized spacial score (nSPS) is 21.4. The molecular weight excluding hydrogens is 436 g/mol. The van der Waals surface area contributed by atoms with Crippen LogP contribution in [0.1, 0.15) is 24.8 Å². The number of sulfonamides is 1. The van der Waals surface area contributed by atoms with Gasteiger partial charge in [-0.1, -0.05) is 6.07 Å². The lowest BCUT2D eigenvalue weighted by atomic mass is 9.85. The van der Waals surface area contributed by atoms with E-state index < -0.39 is 66.0 Å². The van der Waals surface area contributed by atoms with Crippen LogP contribution in [0.2, 0.25) is 0 Å². The lowest BCUT2D eigenvalue weighted by Gasteiger charge is -2.35. The summed E-state index contributed by atoms with van der Waals surface area (Å²) in [6.07, 6.45) is -10.8. The topological polar surface area (TPSA) is 80.3 Å². The van der Waals surface area contributed by atoms with Crippen LogP contribution in [0.15, 0.2) is 29.2 Å². The molecule has 0 aromatic heterocycles. The Morgan fingerprint density at radius 1 is 1.00 bits per heavy atom. The van der Waals surface area contributed by atoms with Gasteiger partial charge in [-0.05, 0) is 37.0 Å². The second kappa shape index (κ2) is 7.82. The molecule has 0 atom stereocenters. The van der Waals surface area contributed by atoms with E-state index in [1.165, 1.54) is 0 Å². The summed E-state index contributed by atoms with van der Waals surface area (Å²) in [6.45, 7) is -0.227. The fourth-order valence-electron chi connectivity index (χ4n) is 2.70. The Morgan fingerprint density at radius 2 is 1.61 bits per heavy atom. The van der Waals surface area contributed by atoms with Crippen molar-refractivity contribution in [2.24, 2.45) is 5.92 Å². The minimum Gasteiger partial charge on any atom is -0.223 e. The Morgan fingerprint density at radius 3 is 2.14 bits per heavy atom. The highest BCUT2D eigenvalue weighted by atomic mass is 32.2. The third-order valence-corrected chi connectivity index (χ3v) is 7.89. The third kappa shape index (κ3) is 6.08. The molecule has 28 heavy (non-hydrogen) atoms. The van der Waals surface area contributed by atoms with Gasteiger partial charge in [0.25, 0.3) is 0 Å². The van der Waals surface area contributed by atoms with Crippen LogP contribution in [0, 0.1) is 5.92 Å². The number of rotatable bonds is 7. The first-order valence-corrected chi connectivity index (χ1v) is 11.3. The second-order valence-electron chi connectivity index (χ2n) is 6.56. The van der Waals surface area contributed by atoms with Gasteiger partial charge in [-0.3, -0.25) is 0 Å². The van der Waals surface area contributed by atoms with E-state index in [0.29, 0.717) is 6.07 Å². The molecule has 0 heterocycles. The zero-order valence-electron chi connectivity index (χ0n) is 14.2. The van der Waals surface area contributed by atoms with Crippen LogP contribution >= 0.6 is 0 Å². The Labute approximate surface area is 158 Å². The average molecular weight is 453 g/mol. The number of halogens is 6. The van der Waals surface area contributed by atoms with Gasteiger partial charge >= 0.3 is 12.4 Å². The highest BCUT2D eigenvalue weighted by molar-refractivity contribution is 7.92. The first kappa shape index (κ1) is 22.9. The Hall–Kier alpha value is -1.34. The molecule has 1 N–H and O–H groups in total. The molecule has 0 saturated heterocycles. The summed E-state index contributed by atoms with van der Waals surface area (Å²) in [6, 6.07) is 3.33. The predicted octanol–water partition coefficient (Wildman–Crippen LogP) is 3.13. The van der Waals surface area contributed by atoms with E-state index in [9.17, 15) is 43.2 Å². The smallest absolute Gasteiger partial charge is 0.223 e. The van der Waals surface area contributed by atoms with E-state index in [0.717, 1.165) is 18.2 Å². The molecule has 1 aliphatic rings. The van der Waals surface area contributed by atoms with Gasteiger partial charge in [0.1, 0.15) is 0 Å². The van der Waals surface area contributed by atoms with Crippen molar-refractivity contribution in [3.8, 4) is 0 Å². The molecule has 13 heteroatoms. The van der Waals surface area contributed by atoms with Crippen LogP contribution in [0.4, 0.5) is 26.3 Å². The van der Waals surface area contributed by atoms with Gasteiger partial charge in [0, 0.05) is 6.54 Å². The number of alkyl halides is 6. The number of hydrogen-bond acceptors (Lipinski definition) is 4. The summed E-state index contributed by atoms with van der Waals surface area (Å²) >= 11 is 0. The van der Waals surface area contributed by atoms with Gasteiger partial charge in [0.2, 0.25) is 10.0 Å². The lowest BCUT2D eigenvalue weighted by molar-refractivity contribution is -0.137. The molecule has 160 valence electrons. The van der Waals surface area contributed by atoms with E-state index >= 15 is 0 Å². The third-order valence-electron chi connectivity index (χ3n) is 4.37. The van der Waals surface area contributed by atoms with E-state index in [1.54, 1.807) is 0 Å². The van der Waals surface area contributed by atoms with Crippen LogP contribution in [0.25, 0.3) is 0 Å². The van der Waals surface area contributed by atoms with Gasteiger partial charge in [-0.15, -0.1) is 0 Å². The maximum atomic E-state index is 12.7. The van der Waals surface area contributed by atoms with Crippen LogP contribution in [-0.4, -0.2) is 40.6 Å². The van der Waals surface area contributed by atoms with Crippen LogP contribution < -0.4 is 4.72 Å². The van der Waals surface area contributed by atoms with Crippen molar-refractivity contribution in [2.75, 3.05) is 12.3 Å². The molecule has 1 aromatic carbocycles. The van der Waals surface area contributed by atoms with Crippen molar-refractivity contribution in [3.63, 3.8) is 0 Å². The summed E-state index contributed by atoms with van der Waals surface area (Å²) in [5.74, 6) is -1.55. The number of sulfone groups is 1. The molecule has 0 aliphatic heterocycles. The quantitative estimate of drug-likeness (QED) is 0.644. The fraction of sp³-hybridized carbons (Fsp3) is 0.600. The van der Waals surface area contributed by atoms with Crippen LogP contribution in [0.3, 0.4) is 0 Å². The molecular formula is C15H17F6NO4S2. The first-order chi connectivity index (χ1) is 12.6. The maximum Gasteiger partial charge on any atom is 0.416 e. The lowest BCUT2D eigenvalue weighted by Crippen LogP contribution is -2.42. The highest BCUT2D eigenvalue weighted by Gasteiger charge is 2.41. The highest BCUT2D eigenvalue weighted by Crippen LogP contribution is 2.38. The molecule has 5 nitrogen and oxygen atoms in total. The number of hydrogen-bond donors (Lipinski definition) is 1. The second-order valence-corrected chi connectivity index (χ2v) is 10.7. The largest absolute Gasteiger partial charge is 0.416 e. The molecule has 1 saturated carbocycles. The summed E-state index contributed by atoms with van der Waals surface area (Å²) in [5, 5.41) is -0.972. The van der Waals surface area contributed by atoms with Crippen molar-refractivity contribution >= 4 is 19.9 Å². The molecule has 1 aromatic rings. The SMILES string of the molecule is O=S(=O)(CCC(F)(F)F)NCC1CC(S(=O)(=O)c2cccc(C(F)(F)F)c2)C1. The van der Waals surface area contributed by atoms with E-state index in [-0.39, 0.29) is 19.4 Å². The predicted molar refractivity (Wildman–Crippen MR) is 87.6 cm³/mol. The van der Waals surface area contributed by atoms with Gasteiger partial charge < -0.3 is 0 Å². The Balaban J connectivity index is 1.92. The van der Waals surface area contributed by atoms with E-state index in [4.69, 9.17) is 0 Å². The van der Waals surface area contributed by atoms with Gasteiger partial charge in [0.15, 0.2) is 9.84 Å². The summed E-state index contributed by atoms with van der Waals surface area (Å²) < 4.78 is 124. The zero-order valence-corrected chi connectivity index (χ0v) is 15.8. The molecule has 0 radical (unpaired) electrons. The molecule has 1 fully saturated rings. The Bertz CT molecular complexity index is 903. The molecule has 0 bridgehead atoms. The summed E-state index contributed by atoms with van der Waals surface area (Å²) in [4.78, 5) is -0.475. The number of benzene rings is 1. The first-order valence-electron chi connectivity index (χ1n) is 8.05. The maximum absolute atomic E-state index is 12.7. The molecule has 1 aliphatic carbocycles. The van der Waals surface area contributed by atoms with Crippen molar-refractivity contribution < 1.29 is 43.2 Å². The van der Waals surface area contributed by atoms with Gasteiger partial charge in [-0.25, -0.2) is 21.6 Å².